The summed E-state index contributed by atoms with van der Waals surface area (Å²) in [5.74, 6) is 2.29. The van der Waals surface area contributed by atoms with E-state index in [2.05, 4.69) is 36.1 Å². The zero-order valence-electron chi connectivity index (χ0n) is 15.2. The molecule has 0 radical (unpaired) electrons. The Morgan fingerprint density at radius 3 is 2.75 bits per heavy atom. The molecule has 0 saturated heterocycles. The number of nitrogens with one attached hydrogen (secondary N) is 2. The van der Waals surface area contributed by atoms with Crippen LogP contribution in [0.25, 0.3) is 0 Å². The van der Waals surface area contributed by atoms with Crippen LogP contribution in [0, 0.1) is 5.92 Å². The molecule has 5 heteroatoms. The second-order valence-corrected chi connectivity index (χ2v) is 5.85. The minimum atomic E-state index is 0.498. The van der Waals surface area contributed by atoms with Gasteiger partial charge in [0.2, 0.25) is 0 Å². The third-order valence-corrected chi connectivity index (χ3v) is 3.38. The summed E-state index contributed by atoms with van der Waals surface area (Å²) in [7, 11) is 1.76. The SMILES string of the molecule is C=CCOc1ccccc1CNC(=NC)NCCOCCC(C)C. The van der Waals surface area contributed by atoms with Crippen molar-refractivity contribution < 1.29 is 9.47 Å². The molecule has 1 aromatic rings. The van der Waals surface area contributed by atoms with Crippen molar-refractivity contribution in [1.29, 1.82) is 0 Å². The summed E-state index contributed by atoms with van der Waals surface area (Å²) in [6.07, 6.45) is 2.83. The van der Waals surface area contributed by atoms with Crippen molar-refractivity contribution in [3.05, 3.63) is 42.5 Å². The molecule has 0 saturated carbocycles. The van der Waals surface area contributed by atoms with Crippen LogP contribution in [0.5, 0.6) is 5.75 Å². The van der Waals surface area contributed by atoms with Crippen molar-refractivity contribution in [3.63, 3.8) is 0 Å². The zero-order chi connectivity index (χ0) is 17.6. The molecule has 0 aliphatic carbocycles. The van der Waals surface area contributed by atoms with E-state index in [-0.39, 0.29) is 0 Å². The van der Waals surface area contributed by atoms with Crippen molar-refractivity contribution in [1.82, 2.24) is 10.6 Å². The second kappa shape index (κ2) is 12.4. The van der Waals surface area contributed by atoms with Crippen molar-refractivity contribution in [2.45, 2.75) is 26.8 Å². The van der Waals surface area contributed by atoms with Gasteiger partial charge in [0.1, 0.15) is 12.4 Å². The van der Waals surface area contributed by atoms with Gasteiger partial charge in [-0.05, 0) is 18.4 Å². The van der Waals surface area contributed by atoms with Crippen LogP contribution in [-0.4, -0.2) is 39.4 Å². The van der Waals surface area contributed by atoms with Crippen molar-refractivity contribution in [3.8, 4) is 5.75 Å². The standard InChI is InChI=1S/C19H31N3O2/c1-5-12-24-18-9-7-6-8-17(18)15-22-19(20-4)21-11-14-23-13-10-16(2)3/h5-9,16H,1,10-15H2,2-4H3,(H2,20,21,22). The smallest absolute Gasteiger partial charge is 0.191 e. The topological polar surface area (TPSA) is 54.9 Å². The molecule has 0 aliphatic rings. The van der Waals surface area contributed by atoms with Gasteiger partial charge in [-0.2, -0.15) is 0 Å². The largest absolute Gasteiger partial charge is 0.489 e. The van der Waals surface area contributed by atoms with E-state index in [0.29, 0.717) is 25.7 Å². The second-order valence-electron chi connectivity index (χ2n) is 5.85. The Morgan fingerprint density at radius 1 is 1.25 bits per heavy atom. The molecule has 134 valence electrons. The number of rotatable bonds is 11. The number of nitrogens with zero attached hydrogens (tertiary/aromatic N) is 1. The molecule has 1 aromatic carbocycles. The molecule has 2 N–H and O–H groups in total. The maximum atomic E-state index is 5.66. The summed E-state index contributed by atoms with van der Waals surface area (Å²) in [6.45, 7) is 11.4. The van der Waals surface area contributed by atoms with Gasteiger partial charge in [0, 0.05) is 32.3 Å². The van der Waals surface area contributed by atoms with Gasteiger partial charge in [0.25, 0.3) is 0 Å². The molecular weight excluding hydrogens is 302 g/mol. The summed E-state index contributed by atoms with van der Waals surface area (Å²) >= 11 is 0. The first-order valence-electron chi connectivity index (χ1n) is 8.51. The maximum Gasteiger partial charge on any atom is 0.191 e. The van der Waals surface area contributed by atoms with E-state index in [9.17, 15) is 0 Å². The Labute approximate surface area is 146 Å². The number of hydrogen-bond donors (Lipinski definition) is 2. The van der Waals surface area contributed by atoms with Crippen LogP contribution in [0.2, 0.25) is 0 Å². The molecule has 0 heterocycles. The molecule has 24 heavy (non-hydrogen) atoms. The van der Waals surface area contributed by atoms with Crippen LogP contribution in [0.4, 0.5) is 0 Å². The van der Waals surface area contributed by atoms with E-state index in [1.807, 2.05) is 24.3 Å². The maximum absolute atomic E-state index is 5.66. The monoisotopic (exact) mass is 333 g/mol. The molecule has 5 nitrogen and oxygen atoms in total. The van der Waals surface area contributed by atoms with E-state index in [4.69, 9.17) is 9.47 Å². The lowest BCUT2D eigenvalue weighted by Crippen LogP contribution is -2.38. The fraction of sp³-hybridized carbons (Fsp3) is 0.526. The third kappa shape index (κ3) is 8.58. The number of guanidine groups is 1. The van der Waals surface area contributed by atoms with Crippen molar-refractivity contribution >= 4 is 5.96 Å². The lowest BCUT2D eigenvalue weighted by molar-refractivity contribution is 0.128. The molecule has 1 rings (SSSR count). The summed E-state index contributed by atoms with van der Waals surface area (Å²) in [4.78, 5) is 4.22. The first kappa shape index (κ1) is 20.0. The summed E-state index contributed by atoms with van der Waals surface area (Å²) in [6, 6.07) is 7.95. The molecule has 0 unspecified atom stereocenters. The lowest BCUT2D eigenvalue weighted by atomic mass is 10.1. The quantitative estimate of drug-likeness (QED) is 0.283. The summed E-state index contributed by atoms with van der Waals surface area (Å²) in [5, 5.41) is 6.54. The van der Waals surface area contributed by atoms with Gasteiger partial charge in [-0.1, -0.05) is 44.7 Å². The number of benzene rings is 1. The highest BCUT2D eigenvalue weighted by molar-refractivity contribution is 5.79. The van der Waals surface area contributed by atoms with Gasteiger partial charge in [0.05, 0.1) is 6.61 Å². The van der Waals surface area contributed by atoms with E-state index in [1.54, 1.807) is 13.1 Å². The van der Waals surface area contributed by atoms with Crippen LogP contribution < -0.4 is 15.4 Å². The Morgan fingerprint density at radius 2 is 2.04 bits per heavy atom. The molecule has 0 atom stereocenters. The highest BCUT2D eigenvalue weighted by Crippen LogP contribution is 2.17. The van der Waals surface area contributed by atoms with Gasteiger partial charge in [-0.3, -0.25) is 4.99 Å². The van der Waals surface area contributed by atoms with E-state index < -0.39 is 0 Å². The summed E-state index contributed by atoms with van der Waals surface area (Å²) < 4.78 is 11.2. The molecular formula is C19H31N3O2. The highest BCUT2D eigenvalue weighted by Gasteiger charge is 2.04. The van der Waals surface area contributed by atoms with Gasteiger partial charge in [0.15, 0.2) is 5.96 Å². The van der Waals surface area contributed by atoms with Crippen LogP contribution in [0.3, 0.4) is 0 Å². The molecule has 0 amide bonds. The van der Waals surface area contributed by atoms with Crippen LogP contribution >= 0.6 is 0 Å². The lowest BCUT2D eigenvalue weighted by Gasteiger charge is -2.14. The Hall–Kier alpha value is -2.01. The van der Waals surface area contributed by atoms with Crippen LogP contribution in [0.1, 0.15) is 25.8 Å². The van der Waals surface area contributed by atoms with Gasteiger partial charge >= 0.3 is 0 Å². The first-order valence-corrected chi connectivity index (χ1v) is 8.51. The summed E-state index contributed by atoms with van der Waals surface area (Å²) in [5.41, 5.74) is 1.08. The Balaban J connectivity index is 2.32. The fourth-order valence-electron chi connectivity index (χ4n) is 2.00. The van der Waals surface area contributed by atoms with Gasteiger partial charge < -0.3 is 20.1 Å². The minimum absolute atomic E-state index is 0.498. The normalized spacial score (nSPS) is 11.4. The first-order chi connectivity index (χ1) is 11.7. The average Bonchev–Trinajstić information content (AvgIpc) is 2.59. The molecule has 0 bridgehead atoms. The predicted octanol–water partition coefficient (Wildman–Crippen LogP) is 2.98. The van der Waals surface area contributed by atoms with Gasteiger partial charge in [-0.25, -0.2) is 0 Å². The van der Waals surface area contributed by atoms with E-state index >= 15 is 0 Å². The number of aliphatic imine (C=N–C) groups is 1. The third-order valence-electron chi connectivity index (χ3n) is 3.38. The molecule has 0 aromatic heterocycles. The Bertz CT molecular complexity index is 501. The minimum Gasteiger partial charge on any atom is -0.489 e. The number of para-hydroxylation sites is 1. The van der Waals surface area contributed by atoms with Crippen LogP contribution in [0.15, 0.2) is 41.9 Å². The molecule has 0 aliphatic heterocycles. The van der Waals surface area contributed by atoms with Crippen molar-refractivity contribution in [2.75, 3.05) is 33.4 Å². The fourth-order valence-corrected chi connectivity index (χ4v) is 2.00. The van der Waals surface area contributed by atoms with E-state index in [0.717, 1.165) is 36.8 Å². The highest BCUT2D eigenvalue weighted by atomic mass is 16.5. The molecule has 0 spiro atoms. The number of ether oxygens (including phenoxy) is 2. The van der Waals surface area contributed by atoms with Crippen molar-refractivity contribution in [2.24, 2.45) is 10.9 Å². The number of hydrogen-bond acceptors (Lipinski definition) is 3. The Kier molecular flexibility index (Phi) is 10.4. The van der Waals surface area contributed by atoms with Crippen LogP contribution in [-0.2, 0) is 11.3 Å². The van der Waals surface area contributed by atoms with Gasteiger partial charge in [-0.15, -0.1) is 0 Å². The zero-order valence-corrected chi connectivity index (χ0v) is 15.2. The predicted molar refractivity (Wildman–Crippen MR) is 101 cm³/mol. The van der Waals surface area contributed by atoms with E-state index in [1.165, 1.54) is 0 Å². The average molecular weight is 333 g/mol. The molecule has 0 fully saturated rings.